The van der Waals surface area contributed by atoms with Crippen molar-refractivity contribution in [1.29, 1.82) is 0 Å². The first-order valence-electron chi connectivity index (χ1n) is 4.49. The highest BCUT2D eigenvalue weighted by molar-refractivity contribution is 5.88. The molecule has 0 aliphatic carbocycles. The van der Waals surface area contributed by atoms with Crippen LogP contribution < -0.4 is 0 Å². The molecular formula is C11H10N2O2. The Bertz CT molecular complexity index is 514. The molecule has 0 aliphatic heterocycles. The van der Waals surface area contributed by atoms with E-state index < -0.39 is 0 Å². The van der Waals surface area contributed by atoms with E-state index >= 15 is 0 Å². The zero-order chi connectivity index (χ0) is 10.7. The molecule has 0 fully saturated rings. The van der Waals surface area contributed by atoms with E-state index in [9.17, 15) is 4.79 Å². The predicted octanol–water partition coefficient (Wildman–Crippen LogP) is 1.75. The van der Waals surface area contributed by atoms with Crippen LogP contribution in [-0.2, 0) is 9.53 Å². The summed E-state index contributed by atoms with van der Waals surface area (Å²) >= 11 is 0. The van der Waals surface area contributed by atoms with Gasteiger partial charge in [0.25, 0.3) is 0 Å². The number of H-pyrrole nitrogens is 1. The van der Waals surface area contributed by atoms with Crippen molar-refractivity contribution in [3.8, 4) is 0 Å². The Kier molecular flexibility index (Phi) is 2.49. The van der Waals surface area contributed by atoms with Crippen LogP contribution in [0, 0.1) is 0 Å². The molecule has 0 unspecified atom stereocenters. The maximum absolute atomic E-state index is 10.9. The van der Waals surface area contributed by atoms with E-state index in [4.69, 9.17) is 0 Å². The summed E-state index contributed by atoms with van der Waals surface area (Å²) in [7, 11) is 1.35. The third kappa shape index (κ3) is 2.04. The maximum Gasteiger partial charge on any atom is 0.330 e. The SMILES string of the molecule is COC(=O)/C=C\c1cnc2[nH]ccc2c1. The van der Waals surface area contributed by atoms with E-state index in [1.807, 2.05) is 18.3 Å². The Morgan fingerprint density at radius 3 is 3.27 bits per heavy atom. The third-order valence-corrected chi connectivity index (χ3v) is 2.03. The van der Waals surface area contributed by atoms with Crippen molar-refractivity contribution in [2.24, 2.45) is 0 Å². The van der Waals surface area contributed by atoms with Gasteiger partial charge in [-0.1, -0.05) is 0 Å². The number of hydrogen-bond acceptors (Lipinski definition) is 3. The van der Waals surface area contributed by atoms with Gasteiger partial charge in [0, 0.05) is 23.9 Å². The molecule has 76 valence electrons. The molecule has 4 heteroatoms. The van der Waals surface area contributed by atoms with Gasteiger partial charge in [-0.05, 0) is 23.8 Å². The number of fused-ring (bicyclic) bond motifs is 1. The third-order valence-electron chi connectivity index (χ3n) is 2.03. The molecule has 0 radical (unpaired) electrons. The minimum Gasteiger partial charge on any atom is -0.466 e. The zero-order valence-electron chi connectivity index (χ0n) is 8.23. The van der Waals surface area contributed by atoms with Gasteiger partial charge in [0.05, 0.1) is 7.11 Å². The topological polar surface area (TPSA) is 55.0 Å². The first kappa shape index (κ1) is 9.45. The van der Waals surface area contributed by atoms with Crippen LogP contribution in [0.5, 0.6) is 0 Å². The minimum atomic E-state index is -0.371. The van der Waals surface area contributed by atoms with E-state index in [-0.39, 0.29) is 5.97 Å². The number of esters is 1. The summed E-state index contributed by atoms with van der Waals surface area (Å²) in [6, 6.07) is 3.87. The molecule has 4 nitrogen and oxygen atoms in total. The fourth-order valence-electron chi connectivity index (χ4n) is 1.28. The van der Waals surface area contributed by atoms with Crippen LogP contribution in [0.15, 0.2) is 30.6 Å². The van der Waals surface area contributed by atoms with Gasteiger partial charge < -0.3 is 9.72 Å². The number of nitrogens with one attached hydrogen (secondary N) is 1. The van der Waals surface area contributed by atoms with Gasteiger partial charge in [0.15, 0.2) is 0 Å². The number of pyridine rings is 1. The van der Waals surface area contributed by atoms with Crippen LogP contribution in [0.2, 0.25) is 0 Å². The molecule has 0 saturated heterocycles. The Hall–Kier alpha value is -2.10. The number of rotatable bonds is 2. The van der Waals surface area contributed by atoms with Crippen molar-refractivity contribution in [2.45, 2.75) is 0 Å². The molecule has 0 amide bonds. The van der Waals surface area contributed by atoms with Crippen molar-refractivity contribution in [3.63, 3.8) is 0 Å². The highest BCUT2D eigenvalue weighted by Gasteiger charge is 1.96. The van der Waals surface area contributed by atoms with E-state index in [2.05, 4.69) is 14.7 Å². The van der Waals surface area contributed by atoms with Crippen molar-refractivity contribution in [2.75, 3.05) is 7.11 Å². The Balaban J connectivity index is 2.28. The van der Waals surface area contributed by atoms with Gasteiger partial charge in [-0.15, -0.1) is 0 Å². The molecule has 0 saturated carbocycles. The molecule has 2 aromatic heterocycles. The average Bonchev–Trinajstić information content (AvgIpc) is 2.72. The van der Waals surface area contributed by atoms with Crippen molar-refractivity contribution >= 4 is 23.1 Å². The zero-order valence-corrected chi connectivity index (χ0v) is 8.23. The fraction of sp³-hybridized carbons (Fsp3) is 0.0909. The number of carbonyl (C=O) groups is 1. The maximum atomic E-state index is 10.9. The number of nitrogens with zero attached hydrogens (tertiary/aromatic N) is 1. The number of carbonyl (C=O) groups excluding carboxylic acids is 1. The average molecular weight is 202 g/mol. The molecule has 0 atom stereocenters. The number of aromatic amines is 1. The molecule has 0 spiro atoms. The second-order valence-electron chi connectivity index (χ2n) is 3.04. The van der Waals surface area contributed by atoms with Gasteiger partial charge in [0.2, 0.25) is 0 Å². The minimum absolute atomic E-state index is 0.371. The van der Waals surface area contributed by atoms with Gasteiger partial charge >= 0.3 is 5.97 Å². The summed E-state index contributed by atoms with van der Waals surface area (Å²) in [5, 5.41) is 1.02. The lowest BCUT2D eigenvalue weighted by Gasteiger charge is -1.93. The molecule has 0 bridgehead atoms. The number of methoxy groups -OCH3 is 1. The van der Waals surface area contributed by atoms with Gasteiger partial charge in [-0.25, -0.2) is 9.78 Å². The Labute approximate surface area is 86.6 Å². The lowest BCUT2D eigenvalue weighted by molar-refractivity contribution is -0.134. The number of aromatic nitrogens is 2. The van der Waals surface area contributed by atoms with Gasteiger partial charge in [-0.2, -0.15) is 0 Å². The highest BCUT2D eigenvalue weighted by Crippen LogP contribution is 2.12. The van der Waals surface area contributed by atoms with Gasteiger partial charge in [0.1, 0.15) is 5.65 Å². The van der Waals surface area contributed by atoms with E-state index in [0.717, 1.165) is 16.6 Å². The summed E-state index contributed by atoms with van der Waals surface area (Å²) in [5.41, 5.74) is 1.71. The molecule has 1 N–H and O–H groups in total. The number of hydrogen-bond donors (Lipinski definition) is 1. The summed E-state index contributed by atoms with van der Waals surface area (Å²) in [5.74, 6) is -0.371. The monoisotopic (exact) mass is 202 g/mol. The summed E-state index contributed by atoms with van der Waals surface area (Å²) in [6.45, 7) is 0. The molecule has 2 heterocycles. The summed E-state index contributed by atoms with van der Waals surface area (Å²) < 4.78 is 4.49. The summed E-state index contributed by atoms with van der Waals surface area (Å²) in [4.78, 5) is 18.0. The second-order valence-corrected chi connectivity index (χ2v) is 3.04. The summed E-state index contributed by atoms with van der Waals surface area (Å²) in [6.07, 6.45) is 6.56. The first-order chi connectivity index (χ1) is 7.29. The van der Waals surface area contributed by atoms with Crippen molar-refractivity contribution in [1.82, 2.24) is 9.97 Å². The molecule has 0 aromatic carbocycles. The lowest BCUT2D eigenvalue weighted by atomic mass is 10.2. The Morgan fingerprint density at radius 2 is 2.47 bits per heavy atom. The molecule has 0 aliphatic rings. The second kappa shape index (κ2) is 3.96. The lowest BCUT2D eigenvalue weighted by Crippen LogP contribution is -1.93. The van der Waals surface area contributed by atoms with Crippen molar-refractivity contribution in [3.05, 3.63) is 36.2 Å². The predicted molar refractivity (Wildman–Crippen MR) is 57.1 cm³/mol. The first-order valence-corrected chi connectivity index (χ1v) is 4.49. The van der Waals surface area contributed by atoms with E-state index in [0.29, 0.717) is 0 Å². The van der Waals surface area contributed by atoms with E-state index in [1.165, 1.54) is 13.2 Å². The van der Waals surface area contributed by atoms with Crippen LogP contribution in [0.1, 0.15) is 5.56 Å². The molecule has 2 rings (SSSR count). The highest BCUT2D eigenvalue weighted by atomic mass is 16.5. The number of ether oxygens (including phenoxy) is 1. The smallest absolute Gasteiger partial charge is 0.330 e. The van der Waals surface area contributed by atoms with Crippen LogP contribution >= 0.6 is 0 Å². The van der Waals surface area contributed by atoms with Crippen LogP contribution in [-0.4, -0.2) is 23.0 Å². The standard InChI is InChI=1S/C11H10N2O2/c1-15-10(14)3-2-8-6-9-4-5-12-11(9)13-7-8/h2-7H,1H3,(H,12,13)/b3-2-. The van der Waals surface area contributed by atoms with Crippen LogP contribution in [0.4, 0.5) is 0 Å². The fourth-order valence-corrected chi connectivity index (χ4v) is 1.28. The largest absolute Gasteiger partial charge is 0.466 e. The van der Waals surface area contributed by atoms with Crippen molar-refractivity contribution < 1.29 is 9.53 Å². The van der Waals surface area contributed by atoms with Gasteiger partial charge in [-0.3, -0.25) is 0 Å². The van der Waals surface area contributed by atoms with Crippen LogP contribution in [0.25, 0.3) is 17.1 Å². The van der Waals surface area contributed by atoms with E-state index in [1.54, 1.807) is 12.3 Å². The molecule has 15 heavy (non-hydrogen) atoms. The normalized spacial score (nSPS) is 11.0. The molecular weight excluding hydrogens is 192 g/mol. The molecule has 2 aromatic rings. The van der Waals surface area contributed by atoms with Crippen LogP contribution in [0.3, 0.4) is 0 Å². The Morgan fingerprint density at radius 1 is 1.60 bits per heavy atom. The quantitative estimate of drug-likeness (QED) is 0.596.